The summed E-state index contributed by atoms with van der Waals surface area (Å²) in [5.41, 5.74) is 0. The third-order valence-corrected chi connectivity index (χ3v) is 7.75. The van der Waals surface area contributed by atoms with Gasteiger partial charge < -0.3 is 19.3 Å². The van der Waals surface area contributed by atoms with E-state index in [1.54, 1.807) is 0 Å². The van der Waals surface area contributed by atoms with Crippen molar-refractivity contribution in [2.45, 2.75) is 174 Å². The normalized spacial score (nSPS) is 12.6. The maximum absolute atomic E-state index is 12.3. The van der Waals surface area contributed by atoms with E-state index in [4.69, 9.17) is 19.3 Å². The highest BCUT2D eigenvalue weighted by molar-refractivity contribution is 7.46. The highest BCUT2D eigenvalue weighted by atomic mass is 31.2. The predicted molar refractivity (Wildman–Crippen MR) is 170 cm³/mol. The summed E-state index contributed by atoms with van der Waals surface area (Å²) in [6.07, 6.45) is 29.3. The van der Waals surface area contributed by atoms with Gasteiger partial charge in [-0.25, -0.2) is 4.57 Å². The number of ether oxygens (including phenoxy) is 2. The first-order valence-corrected chi connectivity index (χ1v) is 18.5. The Bertz CT molecular complexity index is 706. The summed E-state index contributed by atoms with van der Waals surface area (Å²) in [7, 11) is -4.74. The lowest BCUT2D eigenvalue weighted by atomic mass is 10.0. The maximum atomic E-state index is 12.3. The smallest absolute Gasteiger partial charge is 0.462 e. The van der Waals surface area contributed by atoms with Crippen LogP contribution in [-0.4, -0.2) is 41.0 Å². The van der Waals surface area contributed by atoms with Gasteiger partial charge in [0.15, 0.2) is 6.10 Å². The molecule has 0 aliphatic heterocycles. The molecule has 0 amide bonds. The Morgan fingerprint density at radius 1 is 0.595 bits per heavy atom. The molecule has 0 heterocycles. The number of carbonyl (C=O) groups excluding carboxylic acids is 2. The van der Waals surface area contributed by atoms with E-state index in [2.05, 4.69) is 30.5 Å². The van der Waals surface area contributed by atoms with Crippen molar-refractivity contribution in [3.8, 4) is 0 Å². The van der Waals surface area contributed by atoms with Crippen molar-refractivity contribution in [3.63, 3.8) is 0 Å². The lowest BCUT2D eigenvalue weighted by molar-refractivity contribution is -0.161. The number of unbranched alkanes of at least 4 members (excludes halogenated alkanes) is 19. The zero-order valence-electron chi connectivity index (χ0n) is 26.9. The molecule has 2 N–H and O–H groups in total. The molecule has 0 aliphatic rings. The monoisotopic (exact) mass is 618 g/mol. The zero-order valence-corrected chi connectivity index (χ0v) is 27.8. The second-order valence-corrected chi connectivity index (χ2v) is 12.7. The highest BCUT2D eigenvalue weighted by Crippen LogP contribution is 2.36. The van der Waals surface area contributed by atoms with Crippen molar-refractivity contribution in [3.05, 3.63) is 12.2 Å². The molecule has 0 aliphatic carbocycles. The van der Waals surface area contributed by atoms with Gasteiger partial charge in [-0.15, -0.1) is 0 Å². The molecule has 8 nitrogen and oxygen atoms in total. The molecule has 0 saturated carbocycles. The predicted octanol–water partition coefficient (Wildman–Crippen LogP) is 9.51. The molecule has 42 heavy (non-hydrogen) atoms. The summed E-state index contributed by atoms with van der Waals surface area (Å²) < 4.78 is 26.2. The summed E-state index contributed by atoms with van der Waals surface area (Å²) in [5.74, 6) is -0.888. The standard InChI is InChI=1S/C33H63O8P/c1-3-5-7-9-11-13-15-17-19-21-23-25-27-32(34)39-29-31(30-40-42(36,37)38)41-33(35)28-26-24-22-20-18-16-14-12-10-8-6-4-2/h8,10,31H,3-7,9,11-30H2,1-2H3,(H2,36,37,38)/b10-8-/t31-/m1/s1. The number of allylic oxidation sites excluding steroid dienone is 2. The van der Waals surface area contributed by atoms with Gasteiger partial charge in [-0.05, 0) is 32.1 Å². The first kappa shape index (κ1) is 40.8. The number of hydrogen-bond donors (Lipinski definition) is 2. The molecule has 0 rings (SSSR count). The summed E-state index contributed by atoms with van der Waals surface area (Å²) in [4.78, 5) is 42.5. The molecular formula is C33H63O8P. The van der Waals surface area contributed by atoms with E-state index in [-0.39, 0.29) is 19.4 Å². The van der Waals surface area contributed by atoms with Gasteiger partial charge in [0.25, 0.3) is 0 Å². The van der Waals surface area contributed by atoms with E-state index < -0.39 is 32.5 Å². The van der Waals surface area contributed by atoms with Gasteiger partial charge in [0.05, 0.1) is 6.61 Å². The molecule has 0 aromatic carbocycles. The molecule has 0 aromatic heterocycles. The lowest BCUT2D eigenvalue weighted by Gasteiger charge is -2.18. The average Bonchev–Trinajstić information content (AvgIpc) is 2.95. The van der Waals surface area contributed by atoms with Gasteiger partial charge in [0.2, 0.25) is 0 Å². The first-order valence-electron chi connectivity index (χ1n) is 17.0. The molecule has 0 bridgehead atoms. The molecule has 0 radical (unpaired) electrons. The quantitative estimate of drug-likeness (QED) is 0.0341. The van der Waals surface area contributed by atoms with E-state index in [9.17, 15) is 14.2 Å². The summed E-state index contributed by atoms with van der Waals surface area (Å²) in [6, 6.07) is 0. The third-order valence-electron chi connectivity index (χ3n) is 7.27. The maximum Gasteiger partial charge on any atom is 0.469 e. The van der Waals surface area contributed by atoms with Crippen LogP contribution in [0.5, 0.6) is 0 Å². The zero-order chi connectivity index (χ0) is 31.2. The highest BCUT2D eigenvalue weighted by Gasteiger charge is 2.22. The van der Waals surface area contributed by atoms with Crippen molar-refractivity contribution in [1.29, 1.82) is 0 Å². The minimum absolute atomic E-state index is 0.210. The summed E-state index contributed by atoms with van der Waals surface area (Å²) in [6.45, 7) is 3.60. The van der Waals surface area contributed by atoms with Crippen molar-refractivity contribution >= 4 is 19.8 Å². The fourth-order valence-corrected chi connectivity index (χ4v) is 5.09. The number of phosphoric acid groups is 1. The molecule has 0 spiro atoms. The van der Waals surface area contributed by atoms with Crippen LogP contribution in [0.4, 0.5) is 0 Å². The van der Waals surface area contributed by atoms with Crippen LogP contribution in [0.15, 0.2) is 12.2 Å². The molecule has 0 saturated heterocycles. The Balaban J connectivity index is 4.00. The van der Waals surface area contributed by atoms with E-state index in [0.717, 1.165) is 51.4 Å². The van der Waals surface area contributed by atoms with Crippen LogP contribution in [0.25, 0.3) is 0 Å². The van der Waals surface area contributed by atoms with E-state index >= 15 is 0 Å². The van der Waals surface area contributed by atoms with Gasteiger partial charge in [-0.1, -0.05) is 135 Å². The Morgan fingerprint density at radius 3 is 1.55 bits per heavy atom. The largest absolute Gasteiger partial charge is 0.469 e. The van der Waals surface area contributed by atoms with Crippen LogP contribution in [0.2, 0.25) is 0 Å². The Morgan fingerprint density at radius 2 is 1.05 bits per heavy atom. The molecule has 1 atom stereocenters. The minimum Gasteiger partial charge on any atom is -0.462 e. The van der Waals surface area contributed by atoms with Gasteiger partial charge in [0, 0.05) is 12.8 Å². The van der Waals surface area contributed by atoms with Gasteiger partial charge in [-0.2, -0.15) is 0 Å². The van der Waals surface area contributed by atoms with Gasteiger partial charge >= 0.3 is 19.8 Å². The van der Waals surface area contributed by atoms with E-state index in [1.807, 2.05) is 0 Å². The molecule has 0 fully saturated rings. The van der Waals surface area contributed by atoms with Crippen molar-refractivity contribution in [1.82, 2.24) is 0 Å². The van der Waals surface area contributed by atoms with Crippen LogP contribution in [0, 0.1) is 0 Å². The van der Waals surface area contributed by atoms with Crippen LogP contribution >= 0.6 is 7.82 Å². The van der Waals surface area contributed by atoms with Crippen molar-refractivity contribution < 1.29 is 37.9 Å². The lowest BCUT2D eigenvalue weighted by Crippen LogP contribution is -2.29. The molecule has 0 aromatic rings. The van der Waals surface area contributed by atoms with Crippen molar-refractivity contribution in [2.24, 2.45) is 0 Å². The summed E-state index contributed by atoms with van der Waals surface area (Å²) in [5, 5.41) is 0. The summed E-state index contributed by atoms with van der Waals surface area (Å²) >= 11 is 0. The van der Waals surface area contributed by atoms with Gasteiger partial charge in [-0.3, -0.25) is 14.1 Å². The van der Waals surface area contributed by atoms with E-state index in [1.165, 1.54) is 83.5 Å². The SMILES string of the molecule is CCC/C=C\CCCCCCCCCC(=O)O[C@H](COC(=O)CCCCCCCCCCCCCC)COP(=O)(O)O. The fraction of sp³-hybridized carbons (Fsp3) is 0.879. The number of rotatable bonds is 31. The van der Waals surface area contributed by atoms with Crippen LogP contribution < -0.4 is 0 Å². The van der Waals surface area contributed by atoms with Crippen LogP contribution in [-0.2, 0) is 28.2 Å². The third kappa shape index (κ3) is 31.7. The number of esters is 2. The van der Waals surface area contributed by atoms with E-state index in [0.29, 0.717) is 6.42 Å². The Kier molecular flexibility index (Phi) is 29.0. The minimum atomic E-state index is -4.74. The fourth-order valence-electron chi connectivity index (χ4n) is 4.73. The molecule has 248 valence electrons. The molecular weight excluding hydrogens is 555 g/mol. The Labute approximate surface area is 257 Å². The Hall–Kier alpha value is -1.21. The molecule has 0 unspecified atom stereocenters. The van der Waals surface area contributed by atoms with Crippen LogP contribution in [0.3, 0.4) is 0 Å². The second-order valence-electron chi connectivity index (χ2n) is 11.5. The van der Waals surface area contributed by atoms with Gasteiger partial charge in [0.1, 0.15) is 6.61 Å². The van der Waals surface area contributed by atoms with Crippen LogP contribution in [0.1, 0.15) is 168 Å². The number of hydrogen-bond acceptors (Lipinski definition) is 6. The number of phosphoric ester groups is 1. The average molecular weight is 619 g/mol. The number of carbonyl (C=O) groups is 2. The molecule has 9 heteroatoms. The van der Waals surface area contributed by atoms with Crippen molar-refractivity contribution in [2.75, 3.05) is 13.2 Å². The topological polar surface area (TPSA) is 119 Å². The second kappa shape index (κ2) is 29.8. The first-order chi connectivity index (χ1) is 20.3.